The van der Waals surface area contributed by atoms with E-state index < -0.39 is 5.82 Å². The standard InChI is InChI=1S/C9H10BrFO2/c1-2-13-6-3-8(11)7(5-10)9(12)4-6/h3-4,12H,2,5H2,1H3. The molecule has 13 heavy (non-hydrogen) atoms. The smallest absolute Gasteiger partial charge is 0.134 e. The molecule has 0 aromatic heterocycles. The minimum Gasteiger partial charge on any atom is -0.507 e. The Morgan fingerprint density at radius 2 is 2.23 bits per heavy atom. The number of phenolic OH excluding ortho intramolecular Hbond substituents is 1. The minimum absolute atomic E-state index is 0.0830. The lowest BCUT2D eigenvalue weighted by atomic mass is 10.2. The van der Waals surface area contributed by atoms with Crippen molar-refractivity contribution in [3.8, 4) is 11.5 Å². The fourth-order valence-electron chi connectivity index (χ4n) is 0.980. The van der Waals surface area contributed by atoms with Gasteiger partial charge in [-0.1, -0.05) is 15.9 Å². The second kappa shape index (κ2) is 4.46. The highest BCUT2D eigenvalue weighted by Gasteiger charge is 2.09. The zero-order chi connectivity index (χ0) is 9.84. The van der Waals surface area contributed by atoms with Crippen molar-refractivity contribution in [3.05, 3.63) is 23.5 Å². The average molecular weight is 249 g/mol. The summed E-state index contributed by atoms with van der Waals surface area (Å²) in [6.45, 7) is 2.25. The molecule has 2 nitrogen and oxygen atoms in total. The van der Waals surface area contributed by atoms with Gasteiger partial charge in [-0.25, -0.2) is 4.39 Å². The second-order valence-electron chi connectivity index (χ2n) is 2.47. The SMILES string of the molecule is CCOc1cc(O)c(CBr)c(F)c1. The molecule has 1 N–H and O–H groups in total. The quantitative estimate of drug-likeness (QED) is 0.834. The Balaban J connectivity index is 3.05. The number of hydrogen-bond acceptors (Lipinski definition) is 2. The third-order valence-corrected chi connectivity index (χ3v) is 2.15. The predicted octanol–water partition coefficient (Wildman–Crippen LogP) is 2.82. The van der Waals surface area contributed by atoms with Gasteiger partial charge in [0.05, 0.1) is 6.61 Å². The number of ether oxygens (including phenoxy) is 1. The summed E-state index contributed by atoms with van der Waals surface area (Å²) in [7, 11) is 0. The number of halogens is 2. The van der Waals surface area contributed by atoms with Gasteiger partial charge in [-0.3, -0.25) is 0 Å². The van der Waals surface area contributed by atoms with E-state index in [2.05, 4.69) is 15.9 Å². The van der Waals surface area contributed by atoms with Crippen LogP contribution in [0.3, 0.4) is 0 Å². The first kappa shape index (κ1) is 10.3. The van der Waals surface area contributed by atoms with Crippen LogP contribution in [0.15, 0.2) is 12.1 Å². The Hall–Kier alpha value is -0.770. The molecular weight excluding hydrogens is 239 g/mol. The third-order valence-electron chi connectivity index (χ3n) is 1.59. The Kier molecular flexibility index (Phi) is 3.54. The topological polar surface area (TPSA) is 29.5 Å². The molecule has 0 amide bonds. The minimum atomic E-state index is -0.458. The number of rotatable bonds is 3. The van der Waals surface area contributed by atoms with Gasteiger partial charge in [-0.2, -0.15) is 0 Å². The van der Waals surface area contributed by atoms with Crippen LogP contribution in [0.1, 0.15) is 12.5 Å². The van der Waals surface area contributed by atoms with E-state index in [1.165, 1.54) is 12.1 Å². The molecule has 1 rings (SSSR count). The molecule has 0 bridgehead atoms. The number of aromatic hydroxyl groups is 1. The van der Waals surface area contributed by atoms with Gasteiger partial charge < -0.3 is 9.84 Å². The molecule has 1 aromatic carbocycles. The van der Waals surface area contributed by atoms with Gasteiger partial charge in [-0.15, -0.1) is 0 Å². The van der Waals surface area contributed by atoms with E-state index in [0.29, 0.717) is 12.4 Å². The normalized spacial score (nSPS) is 10.1. The first-order valence-corrected chi connectivity index (χ1v) is 5.01. The Morgan fingerprint density at radius 1 is 1.54 bits per heavy atom. The average Bonchev–Trinajstić information content (AvgIpc) is 2.04. The molecule has 0 spiro atoms. The van der Waals surface area contributed by atoms with Gasteiger partial charge in [-0.05, 0) is 6.92 Å². The molecule has 4 heteroatoms. The van der Waals surface area contributed by atoms with Crippen LogP contribution in [0, 0.1) is 5.82 Å². The van der Waals surface area contributed by atoms with Crippen LogP contribution in [0.4, 0.5) is 4.39 Å². The van der Waals surface area contributed by atoms with E-state index in [-0.39, 0.29) is 16.6 Å². The van der Waals surface area contributed by atoms with Gasteiger partial charge in [0.2, 0.25) is 0 Å². The Morgan fingerprint density at radius 3 is 2.69 bits per heavy atom. The summed E-state index contributed by atoms with van der Waals surface area (Å²) in [6.07, 6.45) is 0. The van der Waals surface area contributed by atoms with Crippen molar-refractivity contribution >= 4 is 15.9 Å². The van der Waals surface area contributed by atoms with Crippen molar-refractivity contribution < 1.29 is 14.2 Å². The lowest BCUT2D eigenvalue weighted by Gasteiger charge is -2.07. The molecule has 0 saturated heterocycles. The van der Waals surface area contributed by atoms with Gasteiger partial charge >= 0.3 is 0 Å². The van der Waals surface area contributed by atoms with E-state index in [9.17, 15) is 9.50 Å². The molecule has 0 fully saturated rings. The molecule has 1 aromatic rings. The predicted molar refractivity (Wildman–Crippen MR) is 51.9 cm³/mol. The van der Waals surface area contributed by atoms with Gasteiger partial charge in [0.1, 0.15) is 17.3 Å². The zero-order valence-corrected chi connectivity index (χ0v) is 8.77. The van der Waals surface area contributed by atoms with Crippen LogP contribution >= 0.6 is 15.9 Å². The van der Waals surface area contributed by atoms with Crippen LogP contribution in [0.5, 0.6) is 11.5 Å². The number of phenols is 1. The molecule has 0 aliphatic rings. The number of alkyl halides is 1. The summed E-state index contributed by atoms with van der Waals surface area (Å²) in [5, 5.41) is 9.64. The lowest BCUT2D eigenvalue weighted by molar-refractivity contribution is 0.334. The fraction of sp³-hybridized carbons (Fsp3) is 0.333. The van der Waals surface area contributed by atoms with Crippen LogP contribution in [-0.2, 0) is 5.33 Å². The van der Waals surface area contributed by atoms with E-state index in [1.54, 1.807) is 6.92 Å². The lowest BCUT2D eigenvalue weighted by Crippen LogP contribution is -1.94. The van der Waals surface area contributed by atoms with Crippen LogP contribution in [0.2, 0.25) is 0 Å². The van der Waals surface area contributed by atoms with Crippen LogP contribution < -0.4 is 4.74 Å². The molecule has 0 radical (unpaired) electrons. The van der Waals surface area contributed by atoms with E-state index in [1.807, 2.05) is 0 Å². The largest absolute Gasteiger partial charge is 0.507 e. The number of hydrogen-bond donors (Lipinski definition) is 1. The molecule has 0 unspecified atom stereocenters. The maximum absolute atomic E-state index is 13.2. The fourth-order valence-corrected chi connectivity index (χ4v) is 1.54. The summed E-state index contributed by atoms with van der Waals surface area (Å²) in [6, 6.07) is 2.67. The molecule has 0 saturated carbocycles. The van der Waals surface area contributed by atoms with Crippen molar-refractivity contribution in [3.63, 3.8) is 0 Å². The molecule has 0 aliphatic heterocycles. The van der Waals surface area contributed by atoms with Crippen molar-refractivity contribution in [2.45, 2.75) is 12.3 Å². The second-order valence-corrected chi connectivity index (χ2v) is 3.03. The summed E-state index contributed by atoms with van der Waals surface area (Å²) in [5.74, 6) is -0.192. The van der Waals surface area contributed by atoms with E-state index in [4.69, 9.17) is 4.74 Å². The molecule has 0 atom stereocenters. The van der Waals surface area contributed by atoms with Gasteiger partial charge in [0.15, 0.2) is 0 Å². The summed E-state index contributed by atoms with van der Waals surface area (Å²) >= 11 is 3.08. The molecular formula is C9H10BrFO2. The molecule has 0 aliphatic carbocycles. The zero-order valence-electron chi connectivity index (χ0n) is 7.18. The highest BCUT2D eigenvalue weighted by atomic mass is 79.9. The van der Waals surface area contributed by atoms with Crippen LogP contribution in [0.25, 0.3) is 0 Å². The highest BCUT2D eigenvalue weighted by Crippen LogP contribution is 2.28. The monoisotopic (exact) mass is 248 g/mol. The molecule has 0 heterocycles. The van der Waals surface area contributed by atoms with Gasteiger partial charge in [0.25, 0.3) is 0 Å². The van der Waals surface area contributed by atoms with Crippen LogP contribution in [-0.4, -0.2) is 11.7 Å². The Bertz CT molecular complexity index is 279. The van der Waals surface area contributed by atoms with Gasteiger partial charge in [0, 0.05) is 23.0 Å². The summed E-state index contributed by atoms with van der Waals surface area (Å²) in [5.41, 5.74) is 0.253. The maximum Gasteiger partial charge on any atom is 0.134 e. The molecule has 72 valence electrons. The first-order valence-electron chi connectivity index (χ1n) is 3.89. The summed E-state index contributed by atoms with van der Waals surface area (Å²) < 4.78 is 18.2. The first-order chi connectivity index (χ1) is 6.19. The number of benzene rings is 1. The maximum atomic E-state index is 13.2. The summed E-state index contributed by atoms with van der Waals surface area (Å²) in [4.78, 5) is 0. The van der Waals surface area contributed by atoms with E-state index in [0.717, 1.165) is 0 Å². The third kappa shape index (κ3) is 2.34. The van der Waals surface area contributed by atoms with E-state index >= 15 is 0 Å². The van der Waals surface area contributed by atoms with Crippen molar-refractivity contribution in [2.24, 2.45) is 0 Å². The Labute approximate surface area is 84.5 Å². The van der Waals surface area contributed by atoms with Crippen molar-refractivity contribution in [2.75, 3.05) is 6.61 Å². The van der Waals surface area contributed by atoms with Crippen molar-refractivity contribution in [1.29, 1.82) is 0 Å². The highest BCUT2D eigenvalue weighted by molar-refractivity contribution is 9.08. The van der Waals surface area contributed by atoms with Crippen molar-refractivity contribution in [1.82, 2.24) is 0 Å².